The average molecular weight is 232 g/mol. The summed E-state index contributed by atoms with van der Waals surface area (Å²) in [5.74, 6) is 0. The molecule has 1 aromatic heterocycles. The van der Waals surface area contributed by atoms with E-state index in [4.69, 9.17) is 0 Å². The van der Waals surface area contributed by atoms with Gasteiger partial charge in [0, 0.05) is 30.2 Å². The normalized spacial score (nSPS) is 13.4. The van der Waals surface area contributed by atoms with Gasteiger partial charge in [-0.3, -0.25) is 0 Å². The van der Waals surface area contributed by atoms with Gasteiger partial charge >= 0.3 is 0 Å². The van der Waals surface area contributed by atoms with Crippen LogP contribution >= 0.6 is 0 Å². The molecule has 0 aliphatic heterocycles. The number of H-pyrrole nitrogens is 1. The monoisotopic (exact) mass is 232 g/mol. The number of benzene rings is 1. The molecule has 3 nitrogen and oxygen atoms in total. The van der Waals surface area contributed by atoms with Crippen LogP contribution in [0.4, 0.5) is 0 Å². The number of hydrogen-bond acceptors (Lipinski definition) is 2. The minimum Gasteiger partial charge on any atom is -0.392 e. The molecule has 0 radical (unpaired) electrons. The van der Waals surface area contributed by atoms with Crippen LogP contribution < -0.4 is 0 Å². The maximum atomic E-state index is 9.30. The van der Waals surface area contributed by atoms with Crippen molar-refractivity contribution < 1.29 is 5.11 Å². The predicted molar refractivity (Wildman–Crippen MR) is 71.2 cm³/mol. The summed E-state index contributed by atoms with van der Waals surface area (Å²) in [7, 11) is 2.04. The van der Waals surface area contributed by atoms with Crippen molar-refractivity contribution in [3.05, 3.63) is 36.0 Å². The maximum Gasteiger partial charge on any atom is 0.0638 e. The first-order valence-corrected chi connectivity index (χ1v) is 6.08. The number of fused-ring (bicyclic) bond motifs is 1. The summed E-state index contributed by atoms with van der Waals surface area (Å²) in [4.78, 5) is 5.44. The van der Waals surface area contributed by atoms with Gasteiger partial charge in [-0.25, -0.2) is 0 Å². The lowest BCUT2D eigenvalue weighted by Crippen LogP contribution is -2.29. The van der Waals surface area contributed by atoms with Crippen LogP contribution in [0.2, 0.25) is 0 Å². The Bertz CT molecular complexity index is 476. The third-order valence-corrected chi connectivity index (χ3v) is 3.01. The quantitative estimate of drug-likeness (QED) is 0.828. The first kappa shape index (κ1) is 12.1. The molecule has 92 valence electrons. The third-order valence-electron chi connectivity index (χ3n) is 3.01. The number of aliphatic hydroxyl groups excluding tert-OH is 1. The second kappa shape index (κ2) is 5.34. The fourth-order valence-electron chi connectivity index (χ4n) is 2.19. The Labute approximate surface area is 102 Å². The molecule has 0 saturated carbocycles. The summed E-state index contributed by atoms with van der Waals surface area (Å²) in [5, 5.41) is 10.6. The van der Waals surface area contributed by atoms with Crippen molar-refractivity contribution in [2.75, 3.05) is 20.1 Å². The number of aliphatic hydroxyl groups is 1. The molecule has 0 saturated heterocycles. The molecule has 1 aromatic carbocycles. The van der Waals surface area contributed by atoms with E-state index in [1.54, 1.807) is 0 Å². The summed E-state index contributed by atoms with van der Waals surface area (Å²) < 4.78 is 0. The zero-order valence-electron chi connectivity index (χ0n) is 10.5. The molecular formula is C14H20N2O. The molecule has 1 unspecified atom stereocenters. The van der Waals surface area contributed by atoms with Gasteiger partial charge in [0.05, 0.1) is 6.10 Å². The summed E-state index contributed by atoms with van der Waals surface area (Å²) >= 11 is 0. The topological polar surface area (TPSA) is 39.3 Å². The van der Waals surface area contributed by atoms with Crippen LogP contribution in [0.25, 0.3) is 10.9 Å². The molecule has 0 aliphatic rings. The van der Waals surface area contributed by atoms with E-state index in [9.17, 15) is 5.11 Å². The van der Waals surface area contributed by atoms with Crippen molar-refractivity contribution in [2.24, 2.45) is 0 Å². The Kier molecular flexibility index (Phi) is 3.82. The van der Waals surface area contributed by atoms with Crippen LogP contribution in [-0.4, -0.2) is 41.2 Å². The van der Waals surface area contributed by atoms with Crippen LogP contribution in [0.15, 0.2) is 30.5 Å². The molecule has 0 bridgehead atoms. The molecule has 2 rings (SSSR count). The largest absolute Gasteiger partial charge is 0.392 e. The van der Waals surface area contributed by atoms with E-state index in [0.717, 1.165) is 19.5 Å². The molecule has 2 N–H and O–H groups in total. The first-order chi connectivity index (χ1) is 8.16. The third kappa shape index (κ3) is 3.08. The minimum absolute atomic E-state index is 0.261. The molecule has 17 heavy (non-hydrogen) atoms. The SMILES string of the molecule is CC(O)CN(C)CCc1c[nH]c2ccccc12. The number of nitrogens with zero attached hydrogens (tertiary/aromatic N) is 1. The molecule has 1 atom stereocenters. The number of likely N-dealkylation sites (N-methyl/N-ethyl adjacent to an activating group) is 1. The summed E-state index contributed by atoms with van der Waals surface area (Å²) in [5.41, 5.74) is 2.54. The Balaban J connectivity index is 1.99. The molecule has 1 heterocycles. The van der Waals surface area contributed by atoms with Gasteiger partial charge in [-0.05, 0) is 32.0 Å². The number of hydrogen-bond donors (Lipinski definition) is 2. The van der Waals surface area contributed by atoms with Gasteiger partial charge in [0.25, 0.3) is 0 Å². The lowest BCUT2D eigenvalue weighted by atomic mass is 10.1. The van der Waals surface area contributed by atoms with Crippen LogP contribution in [-0.2, 0) is 6.42 Å². The molecule has 3 heteroatoms. The van der Waals surface area contributed by atoms with Crippen molar-refractivity contribution in [3.63, 3.8) is 0 Å². The lowest BCUT2D eigenvalue weighted by Gasteiger charge is -2.17. The van der Waals surface area contributed by atoms with Crippen LogP contribution in [0.1, 0.15) is 12.5 Å². The first-order valence-electron chi connectivity index (χ1n) is 6.08. The molecular weight excluding hydrogens is 212 g/mol. The van der Waals surface area contributed by atoms with E-state index in [0.29, 0.717) is 0 Å². The Morgan fingerprint density at radius 2 is 2.12 bits per heavy atom. The highest BCUT2D eigenvalue weighted by Crippen LogP contribution is 2.18. The second-order valence-corrected chi connectivity index (χ2v) is 4.72. The Morgan fingerprint density at radius 3 is 2.88 bits per heavy atom. The van der Waals surface area contributed by atoms with Gasteiger partial charge < -0.3 is 15.0 Å². The number of aromatic amines is 1. The van der Waals surface area contributed by atoms with E-state index in [1.165, 1.54) is 16.5 Å². The van der Waals surface area contributed by atoms with Crippen molar-refractivity contribution in [1.82, 2.24) is 9.88 Å². The number of nitrogens with one attached hydrogen (secondary N) is 1. The molecule has 0 spiro atoms. The fourth-order valence-corrected chi connectivity index (χ4v) is 2.19. The van der Waals surface area contributed by atoms with Gasteiger partial charge in [0.1, 0.15) is 0 Å². The van der Waals surface area contributed by atoms with E-state index in [-0.39, 0.29) is 6.10 Å². The lowest BCUT2D eigenvalue weighted by molar-refractivity contribution is 0.142. The van der Waals surface area contributed by atoms with Crippen LogP contribution in [0.5, 0.6) is 0 Å². The highest BCUT2D eigenvalue weighted by Gasteiger charge is 2.06. The highest BCUT2D eigenvalue weighted by molar-refractivity contribution is 5.83. The van der Waals surface area contributed by atoms with Gasteiger partial charge in [-0.2, -0.15) is 0 Å². The average Bonchev–Trinajstić information content (AvgIpc) is 2.69. The Morgan fingerprint density at radius 1 is 1.35 bits per heavy atom. The zero-order valence-corrected chi connectivity index (χ0v) is 10.5. The smallest absolute Gasteiger partial charge is 0.0638 e. The number of para-hydroxylation sites is 1. The fraction of sp³-hybridized carbons (Fsp3) is 0.429. The van der Waals surface area contributed by atoms with Crippen molar-refractivity contribution in [2.45, 2.75) is 19.4 Å². The number of rotatable bonds is 5. The van der Waals surface area contributed by atoms with Gasteiger partial charge in [0.15, 0.2) is 0 Å². The van der Waals surface area contributed by atoms with Crippen molar-refractivity contribution in [3.8, 4) is 0 Å². The van der Waals surface area contributed by atoms with Crippen LogP contribution in [0, 0.1) is 0 Å². The van der Waals surface area contributed by atoms with Gasteiger partial charge in [0.2, 0.25) is 0 Å². The van der Waals surface area contributed by atoms with Crippen molar-refractivity contribution in [1.29, 1.82) is 0 Å². The van der Waals surface area contributed by atoms with Crippen molar-refractivity contribution >= 4 is 10.9 Å². The van der Waals surface area contributed by atoms with Crippen LogP contribution in [0.3, 0.4) is 0 Å². The van der Waals surface area contributed by atoms with Gasteiger partial charge in [-0.1, -0.05) is 18.2 Å². The van der Waals surface area contributed by atoms with E-state index in [2.05, 4.69) is 34.3 Å². The molecule has 0 fully saturated rings. The highest BCUT2D eigenvalue weighted by atomic mass is 16.3. The van der Waals surface area contributed by atoms with E-state index in [1.807, 2.05) is 20.0 Å². The standard InChI is InChI=1S/C14H20N2O/c1-11(17)10-16(2)8-7-12-9-15-14-6-4-3-5-13(12)14/h3-6,9,11,15,17H,7-8,10H2,1-2H3. The maximum absolute atomic E-state index is 9.30. The summed E-state index contributed by atoms with van der Waals surface area (Å²) in [6.07, 6.45) is 2.83. The Hall–Kier alpha value is -1.32. The molecule has 2 aromatic rings. The van der Waals surface area contributed by atoms with E-state index < -0.39 is 0 Å². The van der Waals surface area contributed by atoms with Gasteiger partial charge in [-0.15, -0.1) is 0 Å². The molecule has 0 amide bonds. The summed E-state index contributed by atoms with van der Waals surface area (Å²) in [6, 6.07) is 8.36. The predicted octanol–water partition coefficient (Wildman–Crippen LogP) is 2.02. The molecule has 0 aliphatic carbocycles. The summed E-state index contributed by atoms with van der Waals surface area (Å²) in [6.45, 7) is 3.51. The second-order valence-electron chi connectivity index (χ2n) is 4.72. The number of aromatic nitrogens is 1. The minimum atomic E-state index is -0.261. The van der Waals surface area contributed by atoms with E-state index >= 15 is 0 Å². The zero-order chi connectivity index (χ0) is 12.3.